The monoisotopic (exact) mass is 359 g/mol. The van der Waals surface area contributed by atoms with E-state index in [1.807, 2.05) is 19.9 Å². The number of amides is 1. The van der Waals surface area contributed by atoms with Crippen molar-refractivity contribution in [3.8, 4) is 11.8 Å². The van der Waals surface area contributed by atoms with Gasteiger partial charge in [-0.3, -0.25) is 4.79 Å². The predicted octanol–water partition coefficient (Wildman–Crippen LogP) is 2.68. The van der Waals surface area contributed by atoms with Crippen molar-refractivity contribution in [2.45, 2.75) is 32.8 Å². The number of ether oxygens (including phenoxy) is 2. The highest BCUT2D eigenvalue weighted by atomic mass is 19.1. The fourth-order valence-electron chi connectivity index (χ4n) is 2.92. The molecule has 1 aliphatic rings. The van der Waals surface area contributed by atoms with Gasteiger partial charge in [0.1, 0.15) is 17.7 Å². The molecule has 1 fully saturated rings. The molecule has 2 aromatic rings. The van der Waals surface area contributed by atoms with E-state index in [0.29, 0.717) is 24.8 Å². The lowest BCUT2D eigenvalue weighted by molar-refractivity contribution is -0.136. The second-order valence-corrected chi connectivity index (χ2v) is 6.40. The molecule has 0 bridgehead atoms. The number of likely N-dealkylation sites (tertiary alicyclic amines) is 1. The van der Waals surface area contributed by atoms with Crippen LogP contribution in [0.1, 0.15) is 24.2 Å². The summed E-state index contributed by atoms with van der Waals surface area (Å²) in [7, 11) is 0. The molecule has 0 saturated carbocycles. The van der Waals surface area contributed by atoms with Crippen LogP contribution in [0.2, 0.25) is 0 Å². The van der Waals surface area contributed by atoms with Gasteiger partial charge in [0.2, 0.25) is 0 Å². The number of benzene rings is 1. The zero-order chi connectivity index (χ0) is 18.5. The van der Waals surface area contributed by atoms with Crippen LogP contribution in [0, 0.1) is 19.7 Å². The Kier molecular flexibility index (Phi) is 5.65. The average Bonchev–Trinajstić information content (AvgIpc) is 2.60. The number of rotatable bonds is 5. The molecule has 0 spiro atoms. The van der Waals surface area contributed by atoms with E-state index in [-0.39, 0.29) is 24.4 Å². The SMILES string of the molecule is Cc1cc(C)nc(OC2CCCN(C(=O)COc3ccc(F)cc3)C2)n1. The van der Waals surface area contributed by atoms with Crippen molar-refractivity contribution in [2.75, 3.05) is 19.7 Å². The van der Waals surface area contributed by atoms with E-state index in [0.717, 1.165) is 24.2 Å². The van der Waals surface area contributed by atoms with Gasteiger partial charge in [0, 0.05) is 17.9 Å². The van der Waals surface area contributed by atoms with Gasteiger partial charge in [0.05, 0.1) is 6.54 Å². The van der Waals surface area contributed by atoms with Gasteiger partial charge in [-0.05, 0) is 57.0 Å². The number of piperidine rings is 1. The van der Waals surface area contributed by atoms with Crippen LogP contribution in [0.3, 0.4) is 0 Å². The van der Waals surface area contributed by atoms with E-state index in [1.54, 1.807) is 4.90 Å². The van der Waals surface area contributed by atoms with Crippen LogP contribution in [0.15, 0.2) is 30.3 Å². The third-order valence-electron chi connectivity index (χ3n) is 4.14. The Morgan fingerprint density at radius 1 is 1.23 bits per heavy atom. The lowest BCUT2D eigenvalue weighted by Crippen LogP contribution is -2.46. The summed E-state index contributed by atoms with van der Waals surface area (Å²) in [6.45, 7) is 4.84. The number of carbonyl (C=O) groups is 1. The molecule has 1 amide bonds. The largest absolute Gasteiger partial charge is 0.484 e. The zero-order valence-corrected chi connectivity index (χ0v) is 14.9. The summed E-state index contributed by atoms with van der Waals surface area (Å²) in [4.78, 5) is 22.7. The van der Waals surface area contributed by atoms with Gasteiger partial charge in [-0.1, -0.05) is 0 Å². The minimum absolute atomic E-state index is 0.0849. The summed E-state index contributed by atoms with van der Waals surface area (Å²) in [6, 6.07) is 7.84. The number of hydrogen-bond donors (Lipinski definition) is 0. The number of hydrogen-bond acceptors (Lipinski definition) is 5. The fourth-order valence-corrected chi connectivity index (χ4v) is 2.92. The second kappa shape index (κ2) is 8.12. The van der Waals surface area contributed by atoms with E-state index in [9.17, 15) is 9.18 Å². The number of carbonyl (C=O) groups excluding carboxylic acids is 1. The number of nitrogens with zero attached hydrogens (tertiary/aromatic N) is 3. The molecule has 6 nitrogen and oxygen atoms in total. The lowest BCUT2D eigenvalue weighted by Gasteiger charge is -2.32. The molecule has 138 valence electrons. The molecule has 1 saturated heterocycles. The minimum Gasteiger partial charge on any atom is -0.484 e. The van der Waals surface area contributed by atoms with Crippen molar-refractivity contribution in [2.24, 2.45) is 0 Å². The molecular formula is C19H22FN3O3. The van der Waals surface area contributed by atoms with Crippen LogP contribution in [0.5, 0.6) is 11.8 Å². The van der Waals surface area contributed by atoms with E-state index in [2.05, 4.69) is 9.97 Å². The van der Waals surface area contributed by atoms with Crippen LogP contribution in [-0.2, 0) is 4.79 Å². The molecule has 0 radical (unpaired) electrons. The molecular weight excluding hydrogens is 337 g/mol. The second-order valence-electron chi connectivity index (χ2n) is 6.40. The summed E-state index contributed by atoms with van der Waals surface area (Å²) in [5.74, 6) is 0.00506. The normalized spacial score (nSPS) is 17.0. The van der Waals surface area contributed by atoms with Crippen LogP contribution in [0.4, 0.5) is 4.39 Å². The molecule has 3 rings (SSSR count). The van der Waals surface area contributed by atoms with Gasteiger partial charge in [0.15, 0.2) is 6.61 Å². The summed E-state index contributed by atoms with van der Waals surface area (Å²) in [6.07, 6.45) is 1.55. The lowest BCUT2D eigenvalue weighted by atomic mass is 10.1. The molecule has 1 atom stereocenters. The fraction of sp³-hybridized carbons (Fsp3) is 0.421. The zero-order valence-electron chi connectivity index (χ0n) is 14.9. The van der Waals surface area contributed by atoms with E-state index in [4.69, 9.17) is 9.47 Å². The Hall–Kier alpha value is -2.70. The first-order valence-corrected chi connectivity index (χ1v) is 8.64. The summed E-state index contributed by atoms with van der Waals surface area (Å²) >= 11 is 0. The van der Waals surface area contributed by atoms with Crippen molar-refractivity contribution in [3.63, 3.8) is 0 Å². The highest BCUT2D eigenvalue weighted by Gasteiger charge is 2.26. The molecule has 1 aromatic heterocycles. The maximum Gasteiger partial charge on any atom is 0.317 e. The first-order chi connectivity index (χ1) is 12.5. The topological polar surface area (TPSA) is 64.5 Å². The molecule has 26 heavy (non-hydrogen) atoms. The van der Waals surface area contributed by atoms with Crippen molar-refractivity contribution < 1.29 is 18.7 Å². The van der Waals surface area contributed by atoms with Crippen LogP contribution < -0.4 is 9.47 Å². The van der Waals surface area contributed by atoms with Crippen LogP contribution in [0.25, 0.3) is 0 Å². The average molecular weight is 359 g/mol. The maximum atomic E-state index is 12.9. The molecule has 0 N–H and O–H groups in total. The highest BCUT2D eigenvalue weighted by molar-refractivity contribution is 5.77. The van der Waals surface area contributed by atoms with E-state index < -0.39 is 0 Å². The third-order valence-corrected chi connectivity index (χ3v) is 4.14. The molecule has 1 unspecified atom stereocenters. The highest BCUT2D eigenvalue weighted by Crippen LogP contribution is 2.17. The van der Waals surface area contributed by atoms with Gasteiger partial charge >= 0.3 is 6.01 Å². The van der Waals surface area contributed by atoms with Crippen molar-refractivity contribution in [1.29, 1.82) is 0 Å². The molecule has 0 aliphatic carbocycles. The molecule has 7 heteroatoms. The Bertz CT molecular complexity index is 747. The number of halogens is 1. The van der Waals surface area contributed by atoms with Crippen molar-refractivity contribution in [1.82, 2.24) is 14.9 Å². The Morgan fingerprint density at radius 2 is 1.92 bits per heavy atom. The standard InChI is InChI=1S/C19H22FN3O3/c1-13-10-14(2)22-19(21-13)26-17-4-3-9-23(11-17)18(24)12-25-16-7-5-15(20)6-8-16/h5-8,10,17H,3-4,9,11-12H2,1-2H3. The minimum atomic E-state index is -0.340. The predicted molar refractivity (Wildman–Crippen MR) is 93.6 cm³/mol. The first kappa shape index (κ1) is 18.1. The maximum absolute atomic E-state index is 12.9. The van der Waals surface area contributed by atoms with Crippen molar-refractivity contribution >= 4 is 5.91 Å². The smallest absolute Gasteiger partial charge is 0.317 e. The Balaban J connectivity index is 1.53. The van der Waals surface area contributed by atoms with E-state index in [1.165, 1.54) is 24.3 Å². The Morgan fingerprint density at radius 3 is 2.62 bits per heavy atom. The van der Waals surface area contributed by atoms with Gasteiger partial charge in [-0.25, -0.2) is 14.4 Å². The summed E-state index contributed by atoms with van der Waals surface area (Å²) in [5, 5.41) is 0. The van der Waals surface area contributed by atoms with Gasteiger partial charge in [-0.2, -0.15) is 0 Å². The summed E-state index contributed by atoms with van der Waals surface area (Å²) in [5.41, 5.74) is 1.70. The van der Waals surface area contributed by atoms with Gasteiger partial charge in [0.25, 0.3) is 5.91 Å². The van der Waals surface area contributed by atoms with E-state index >= 15 is 0 Å². The van der Waals surface area contributed by atoms with Gasteiger partial charge in [-0.15, -0.1) is 0 Å². The molecule has 1 aliphatic heterocycles. The quantitative estimate of drug-likeness (QED) is 0.821. The van der Waals surface area contributed by atoms with Crippen LogP contribution >= 0.6 is 0 Å². The Labute approximate surface area is 152 Å². The van der Waals surface area contributed by atoms with Crippen LogP contribution in [-0.4, -0.2) is 46.6 Å². The number of aryl methyl sites for hydroxylation is 2. The van der Waals surface area contributed by atoms with Crippen molar-refractivity contribution in [3.05, 3.63) is 47.5 Å². The number of aromatic nitrogens is 2. The molecule has 1 aromatic carbocycles. The first-order valence-electron chi connectivity index (χ1n) is 8.64. The molecule has 2 heterocycles. The van der Waals surface area contributed by atoms with Gasteiger partial charge < -0.3 is 14.4 Å². The summed E-state index contributed by atoms with van der Waals surface area (Å²) < 4.78 is 24.2. The third kappa shape index (κ3) is 4.91.